The lowest BCUT2D eigenvalue weighted by molar-refractivity contribution is -0.140. The highest BCUT2D eigenvalue weighted by Crippen LogP contribution is 2.21. The summed E-state index contributed by atoms with van der Waals surface area (Å²) in [5, 5.41) is 15.8. The van der Waals surface area contributed by atoms with Crippen LogP contribution in [-0.2, 0) is 4.79 Å². The molecule has 0 bridgehead atoms. The molecule has 3 N–H and O–H groups in total. The van der Waals surface area contributed by atoms with Gasteiger partial charge in [0.05, 0.1) is 11.6 Å². The number of nitrogens with zero attached hydrogens (tertiary/aromatic N) is 1. The van der Waals surface area contributed by atoms with Crippen LogP contribution in [0.2, 0.25) is 0 Å². The van der Waals surface area contributed by atoms with E-state index in [9.17, 15) is 9.59 Å². The SMILES string of the molecule is CC(CNC(=O)Nc1cccc2ccncc12)C(=O)O. The molecule has 104 valence electrons. The Morgan fingerprint density at radius 2 is 2.15 bits per heavy atom. The number of carboxylic acids is 1. The first-order chi connectivity index (χ1) is 9.58. The zero-order valence-corrected chi connectivity index (χ0v) is 11.0. The highest BCUT2D eigenvalue weighted by atomic mass is 16.4. The van der Waals surface area contributed by atoms with E-state index in [4.69, 9.17) is 5.11 Å². The van der Waals surface area contributed by atoms with Crippen LogP contribution in [0.3, 0.4) is 0 Å². The molecule has 2 rings (SSSR count). The molecule has 1 atom stereocenters. The summed E-state index contributed by atoms with van der Waals surface area (Å²) >= 11 is 0. The number of pyridine rings is 1. The minimum atomic E-state index is -0.945. The number of benzene rings is 1. The van der Waals surface area contributed by atoms with Crippen molar-refractivity contribution >= 4 is 28.5 Å². The molecule has 1 aromatic carbocycles. The number of hydrogen-bond donors (Lipinski definition) is 3. The van der Waals surface area contributed by atoms with Crippen LogP contribution in [-0.4, -0.2) is 28.6 Å². The number of carboxylic acid groups (broad SMARTS) is 1. The number of aromatic nitrogens is 1. The van der Waals surface area contributed by atoms with Crippen molar-refractivity contribution in [3.05, 3.63) is 36.7 Å². The molecule has 6 heteroatoms. The maximum absolute atomic E-state index is 11.7. The monoisotopic (exact) mass is 273 g/mol. The molecule has 6 nitrogen and oxygen atoms in total. The summed E-state index contributed by atoms with van der Waals surface area (Å²) in [7, 11) is 0. The molecule has 1 heterocycles. The Morgan fingerprint density at radius 1 is 1.35 bits per heavy atom. The second-order valence-corrected chi connectivity index (χ2v) is 4.48. The average molecular weight is 273 g/mol. The summed E-state index contributed by atoms with van der Waals surface area (Å²) in [6.07, 6.45) is 3.35. The Labute approximate surface area is 115 Å². The van der Waals surface area contributed by atoms with Gasteiger partial charge in [0.25, 0.3) is 0 Å². The normalized spacial score (nSPS) is 11.8. The van der Waals surface area contributed by atoms with Gasteiger partial charge >= 0.3 is 12.0 Å². The number of hydrogen-bond acceptors (Lipinski definition) is 3. The lowest BCUT2D eigenvalue weighted by Crippen LogP contribution is -2.34. The van der Waals surface area contributed by atoms with Gasteiger partial charge < -0.3 is 15.7 Å². The van der Waals surface area contributed by atoms with Crippen LogP contribution in [0.5, 0.6) is 0 Å². The van der Waals surface area contributed by atoms with Gasteiger partial charge in [0.2, 0.25) is 0 Å². The summed E-state index contributed by atoms with van der Waals surface area (Å²) in [6.45, 7) is 1.61. The second-order valence-electron chi connectivity index (χ2n) is 4.48. The van der Waals surface area contributed by atoms with Gasteiger partial charge in [0.15, 0.2) is 0 Å². The van der Waals surface area contributed by atoms with Gasteiger partial charge in [-0.2, -0.15) is 0 Å². The Morgan fingerprint density at radius 3 is 2.90 bits per heavy atom. The third-order valence-electron chi connectivity index (χ3n) is 2.92. The molecule has 0 fully saturated rings. The number of aliphatic carboxylic acids is 1. The Balaban J connectivity index is 2.05. The molecule has 20 heavy (non-hydrogen) atoms. The highest BCUT2D eigenvalue weighted by molar-refractivity contribution is 6.01. The number of nitrogens with one attached hydrogen (secondary N) is 2. The van der Waals surface area contributed by atoms with Gasteiger partial charge in [-0.3, -0.25) is 9.78 Å². The van der Waals surface area contributed by atoms with Crippen LogP contribution in [0, 0.1) is 5.92 Å². The van der Waals surface area contributed by atoms with Crippen molar-refractivity contribution in [2.75, 3.05) is 11.9 Å². The topological polar surface area (TPSA) is 91.3 Å². The second kappa shape index (κ2) is 6.01. The fourth-order valence-electron chi connectivity index (χ4n) is 1.72. The molecule has 0 saturated carbocycles. The van der Waals surface area contributed by atoms with E-state index in [1.165, 1.54) is 6.92 Å². The first-order valence-electron chi connectivity index (χ1n) is 6.18. The number of carbonyl (C=O) groups is 2. The van der Waals surface area contributed by atoms with Crippen LogP contribution in [0.15, 0.2) is 36.7 Å². The van der Waals surface area contributed by atoms with Crippen LogP contribution < -0.4 is 10.6 Å². The quantitative estimate of drug-likeness (QED) is 0.795. The fourth-order valence-corrected chi connectivity index (χ4v) is 1.72. The molecule has 2 aromatic rings. The van der Waals surface area contributed by atoms with E-state index in [0.717, 1.165) is 10.8 Å². The summed E-state index contributed by atoms with van der Waals surface area (Å²) in [5.74, 6) is -1.57. The molecular formula is C14H15N3O3. The van der Waals surface area contributed by atoms with E-state index in [1.54, 1.807) is 18.5 Å². The number of carbonyl (C=O) groups excluding carboxylic acids is 1. The predicted octanol–water partition coefficient (Wildman–Crippen LogP) is 2.08. The van der Waals surface area contributed by atoms with Crippen LogP contribution in [0.1, 0.15) is 6.92 Å². The van der Waals surface area contributed by atoms with Crippen molar-refractivity contribution in [2.24, 2.45) is 5.92 Å². The fraction of sp³-hybridized carbons (Fsp3) is 0.214. The maximum atomic E-state index is 11.7. The number of anilines is 1. The number of rotatable bonds is 4. The third-order valence-corrected chi connectivity index (χ3v) is 2.92. The molecular weight excluding hydrogens is 258 g/mol. The lowest BCUT2D eigenvalue weighted by Gasteiger charge is -2.11. The average Bonchev–Trinajstić information content (AvgIpc) is 2.45. The van der Waals surface area contributed by atoms with Gasteiger partial charge in [0.1, 0.15) is 0 Å². The zero-order valence-electron chi connectivity index (χ0n) is 11.0. The molecule has 0 radical (unpaired) electrons. The Hall–Kier alpha value is -2.63. The first-order valence-corrected chi connectivity index (χ1v) is 6.18. The van der Waals surface area contributed by atoms with E-state index < -0.39 is 17.9 Å². The van der Waals surface area contributed by atoms with Crippen molar-refractivity contribution in [1.29, 1.82) is 0 Å². The van der Waals surface area contributed by atoms with Crippen molar-refractivity contribution < 1.29 is 14.7 Å². The molecule has 0 aliphatic carbocycles. The first kappa shape index (κ1) is 13.8. The Bertz CT molecular complexity index is 637. The van der Waals surface area contributed by atoms with Crippen molar-refractivity contribution in [3.63, 3.8) is 0 Å². The van der Waals surface area contributed by atoms with Gasteiger partial charge in [0, 0.05) is 24.3 Å². The van der Waals surface area contributed by atoms with Gasteiger partial charge in [-0.25, -0.2) is 4.79 Å². The van der Waals surface area contributed by atoms with Crippen molar-refractivity contribution in [2.45, 2.75) is 6.92 Å². The van der Waals surface area contributed by atoms with Crippen LogP contribution in [0.25, 0.3) is 10.8 Å². The van der Waals surface area contributed by atoms with Crippen LogP contribution in [0.4, 0.5) is 10.5 Å². The van der Waals surface area contributed by atoms with Crippen molar-refractivity contribution in [1.82, 2.24) is 10.3 Å². The van der Waals surface area contributed by atoms with E-state index >= 15 is 0 Å². The zero-order chi connectivity index (χ0) is 14.5. The molecule has 0 aliphatic rings. The molecule has 1 unspecified atom stereocenters. The van der Waals surface area contributed by atoms with E-state index in [0.29, 0.717) is 5.69 Å². The minimum Gasteiger partial charge on any atom is -0.481 e. The third kappa shape index (κ3) is 3.23. The molecule has 0 spiro atoms. The summed E-state index contributed by atoms with van der Waals surface area (Å²) < 4.78 is 0. The van der Waals surface area contributed by atoms with Gasteiger partial charge in [-0.05, 0) is 17.5 Å². The number of urea groups is 1. The van der Waals surface area contributed by atoms with E-state index in [1.807, 2.05) is 18.2 Å². The standard InChI is InChI=1S/C14H15N3O3/c1-9(13(18)19)7-16-14(20)17-12-4-2-3-10-5-6-15-8-11(10)12/h2-6,8-9H,7H2,1H3,(H,18,19)(H2,16,17,20). The predicted molar refractivity (Wildman–Crippen MR) is 75.6 cm³/mol. The largest absolute Gasteiger partial charge is 0.481 e. The maximum Gasteiger partial charge on any atom is 0.319 e. The summed E-state index contributed by atoms with van der Waals surface area (Å²) in [6, 6.07) is 6.94. The number of fused-ring (bicyclic) bond motifs is 1. The summed E-state index contributed by atoms with van der Waals surface area (Å²) in [4.78, 5) is 26.4. The lowest BCUT2D eigenvalue weighted by atomic mass is 10.1. The van der Waals surface area contributed by atoms with E-state index in [-0.39, 0.29) is 6.54 Å². The van der Waals surface area contributed by atoms with Gasteiger partial charge in [-0.15, -0.1) is 0 Å². The van der Waals surface area contributed by atoms with Crippen molar-refractivity contribution in [3.8, 4) is 0 Å². The van der Waals surface area contributed by atoms with E-state index in [2.05, 4.69) is 15.6 Å². The van der Waals surface area contributed by atoms with Gasteiger partial charge in [-0.1, -0.05) is 19.1 Å². The smallest absolute Gasteiger partial charge is 0.319 e. The summed E-state index contributed by atoms with van der Waals surface area (Å²) in [5.41, 5.74) is 0.635. The minimum absolute atomic E-state index is 0.0736. The molecule has 0 aliphatic heterocycles. The Kier molecular flexibility index (Phi) is 4.14. The highest BCUT2D eigenvalue weighted by Gasteiger charge is 2.12. The molecule has 2 amide bonds. The van der Waals surface area contributed by atoms with Crippen LogP contribution >= 0.6 is 0 Å². The molecule has 0 saturated heterocycles. The number of amides is 2. The molecule has 1 aromatic heterocycles.